The van der Waals surface area contributed by atoms with Gasteiger partial charge < -0.3 is 4.74 Å². The number of non-ortho nitro benzene ring substituents is 1. The largest absolute Gasteiger partial charge is 0.467 e. The van der Waals surface area contributed by atoms with E-state index in [0.717, 1.165) is 4.68 Å². The summed E-state index contributed by atoms with van der Waals surface area (Å²) in [5, 5.41) is 14.9. The summed E-state index contributed by atoms with van der Waals surface area (Å²) in [4.78, 5) is 33.7. The number of ether oxygens (including phenoxy) is 1. The average Bonchev–Trinajstić information content (AvgIpc) is 2.54. The van der Waals surface area contributed by atoms with Crippen molar-refractivity contribution in [1.29, 1.82) is 0 Å². The van der Waals surface area contributed by atoms with E-state index in [1.54, 1.807) is 6.07 Å². The third kappa shape index (κ3) is 3.00. The minimum absolute atomic E-state index is 0.0851. The van der Waals surface area contributed by atoms with Gasteiger partial charge in [-0.05, 0) is 13.0 Å². The zero-order valence-corrected chi connectivity index (χ0v) is 11.9. The van der Waals surface area contributed by atoms with E-state index in [1.165, 1.54) is 44.4 Å². The zero-order chi connectivity index (χ0) is 16.3. The van der Waals surface area contributed by atoms with E-state index in [0.29, 0.717) is 11.3 Å². The van der Waals surface area contributed by atoms with Crippen LogP contribution in [0.25, 0.3) is 11.3 Å². The number of hydrogen-bond acceptors (Lipinski definition) is 6. The predicted octanol–water partition coefficient (Wildman–Crippen LogP) is 1.55. The van der Waals surface area contributed by atoms with Crippen molar-refractivity contribution in [1.82, 2.24) is 9.78 Å². The fraction of sp³-hybridized carbons (Fsp3) is 0.214. The van der Waals surface area contributed by atoms with Crippen molar-refractivity contribution in [2.24, 2.45) is 0 Å². The molecular weight excluding hydrogens is 290 g/mol. The zero-order valence-electron chi connectivity index (χ0n) is 11.9. The van der Waals surface area contributed by atoms with Crippen LogP contribution in [0.3, 0.4) is 0 Å². The Kier molecular flexibility index (Phi) is 4.31. The molecule has 1 aromatic heterocycles. The first-order chi connectivity index (χ1) is 10.4. The highest BCUT2D eigenvalue weighted by Crippen LogP contribution is 2.21. The first kappa shape index (κ1) is 15.4. The second-order valence-electron chi connectivity index (χ2n) is 4.51. The first-order valence-electron chi connectivity index (χ1n) is 6.36. The molecule has 0 bridgehead atoms. The van der Waals surface area contributed by atoms with Gasteiger partial charge >= 0.3 is 5.97 Å². The maximum absolute atomic E-state index is 11.8. The fourth-order valence-electron chi connectivity index (χ4n) is 1.91. The molecule has 0 aliphatic carbocycles. The van der Waals surface area contributed by atoms with Gasteiger partial charge in [-0.2, -0.15) is 5.10 Å². The molecule has 8 nitrogen and oxygen atoms in total. The van der Waals surface area contributed by atoms with E-state index in [4.69, 9.17) is 0 Å². The van der Waals surface area contributed by atoms with Gasteiger partial charge in [-0.1, -0.05) is 12.1 Å². The molecule has 8 heteroatoms. The van der Waals surface area contributed by atoms with Gasteiger partial charge in [0, 0.05) is 23.8 Å². The minimum atomic E-state index is -0.892. The van der Waals surface area contributed by atoms with E-state index < -0.39 is 22.5 Å². The Labute approximate surface area is 125 Å². The average molecular weight is 303 g/mol. The molecule has 2 aromatic rings. The van der Waals surface area contributed by atoms with Crippen LogP contribution in [0.15, 0.2) is 41.2 Å². The summed E-state index contributed by atoms with van der Waals surface area (Å²) < 4.78 is 5.58. The number of carbonyl (C=O) groups is 1. The summed E-state index contributed by atoms with van der Waals surface area (Å²) in [5.41, 5.74) is 0.268. The smallest absolute Gasteiger partial charge is 0.330 e. The van der Waals surface area contributed by atoms with Crippen LogP contribution in [0.5, 0.6) is 0 Å². The van der Waals surface area contributed by atoms with E-state index >= 15 is 0 Å². The Bertz CT molecular complexity index is 784. The second kappa shape index (κ2) is 6.17. The Morgan fingerprint density at radius 1 is 1.36 bits per heavy atom. The van der Waals surface area contributed by atoms with Crippen molar-refractivity contribution in [3.8, 4) is 11.3 Å². The molecule has 114 valence electrons. The Morgan fingerprint density at radius 2 is 2.09 bits per heavy atom. The highest BCUT2D eigenvalue weighted by molar-refractivity contribution is 5.73. The van der Waals surface area contributed by atoms with Crippen LogP contribution >= 0.6 is 0 Å². The van der Waals surface area contributed by atoms with E-state index in [1.807, 2.05) is 0 Å². The van der Waals surface area contributed by atoms with Gasteiger partial charge in [-0.3, -0.25) is 14.9 Å². The SMILES string of the molecule is COC(=O)[C@H](C)n1nc(-c2cccc([N+](=O)[O-])c2)ccc1=O. The molecule has 0 unspecified atom stereocenters. The minimum Gasteiger partial charge on any atom is -0.467 e. The lowest BCUT2D eigenvalue weighted by atomic mass is 10.1. The number of esters is 1. The Morgan fingerprint density at radius 3 is 2.73 bits per heavy atom. The molecule has 0 aliphatic heterocycles. The predicted molar refractivity (Wildman–Crippen MR) is 77.3 cm³/mol. The van der Waals surface area contributed by atoms with Gasteiger partial charge in [0.1, 0.15) is 0 Å². The molecule has 0 N–H and O–H groups in total. The van der Waals surface area contributed by atoms with Crippen molar-refractivity contribution in [2.75, 3.05) is 7.11 Å². The lowest BCUT2D eigenvalue weighted by Crippen LogP contribution is -2.30. The summed E-state index contributed by atoms with van der Waals surface area (Å²) >= 11 is 0. The molecular formula is C14H13N3O5. The van der Waals surface area contributed by atoms with Gasteiger partial charge in [-0.25, -0.2) is 9.48 Å². The molecule has 0 fully saturated rings. The maximum atomic E-state index is 11.8. The van der Waals surface area contributed by atoms with Crippen LogP contribution < -0.4 is 5.56 Å². The standard InChI is InChI=1S/C14H13N3O5/c1-9(14(19)22-2)16-13(18)7-6-12(15-16)10-4-3-5-11(8-10)17(20)21/h3-9H,1-2H3/t9-/m0/s1. The van der Waals surface area contributed by atoms with E-state index in [9.17, 15) is 19.7 Å². The highest BCUT2D eigenvalue weighted by Gasteiger charge is 2.18. The summed E-state index contributed by atoms with van der Waals surface area (Å²) in [6.07, 6.45) is 0. The number of methoxy groups -OCH3 is 1. The molecule has 2 rings (SSSR count). The van der Waals surface area contributed by atoms with E-state index in [2.05, 4.69) is 9.84 Å². The van der Waals surface area contributed by atoms with Crippen LogP contribution in [-0.4, -0.2) is 27.8 Å². The van der Waals surface area contributed by atoms with Crippen LogP contribution in [0.2, 0.25) is 0 Å². The molecule has 0 aliphatic rings. The number of hydrogen-bond donors (Lipinski definition) is 0. The van der Waals surface area contributed by atoms with Crippen LogP contribution in [-0.2, 0) is 9.53 Å². The summed E-state index contributed by atoms with van der Waals surface area (Å²) in [6.45, 7) is 1.48. The van der Waals surface area contributed by atoms with Crippen LogP contribution in [0.4, 0.5) is 5.69 Å². The third-order valence-electron chi connectivity index (χ3n) is 3.09. The van der Waals surface area contributed by atoms with Crippen LogP contribution in [0, 0.1) is 10.1 Å². The summed E-state index contributed by atoms with van der Waals surface area (Å²) in [7, 11) is 1.22. The molecule has 0 spiro atoms. The molecule has 1 heterocycles. The molecule has 1 atom stereocenters. The molecule has 1 aromatic carbocycles. The molecule has 0 saturated heterocycles. The number of nitro benzene ring substituents is 1. The van der Waals surface area contributed by atoms with Crippen molar-refractivity contribution in [3.63, 3.8) is 0 Å². The van der Waals surface area contributed by atoms with Gasteiger partial charge in [0.2, 0.25) is 0 Å². The Balaban J connectivity index is 2.50. The third-order valence-corrected chi connectivity index (χ3v) is 3.09. The van der Waals surface area contributed by atoms with Crippen molar-refractivity contribution < 1.29 is 14.5 Å². The van der Waals surface area contributed by atoms with Gasteiger partial charge in [0.25, 0.3) is 11.2 Å². The highest BCUT2D eigenvalue weighted by atomic mass is 16.6. The van der Waals surface area contributed by atoms with Crippen molar-refractivity contribution in [2.45, 2.75) is 13.0 Å². The summed E-state index contributed by atoms with van der Waals surface area (Å²) in [5.74, 6) is -0.606. The molecule has 22 heavy (non-hydrogen) atoms. The van der Waals surface area contributed by atoms with Gasteiger partial charge in [0.15, 0.2) is 6.04 Å². The van der Waals surface area contributed by atoms with Gasteiger partial charge in [0.05, 0.1) is 17.7 Å². The maximum Gasteiger partial charge on any atom is 0.330 e. The first-order valence-corrected chi connectivity index (χ1v) is 6.36. The Hall–Kier alpha value is -3.03. The van der Waals surface area contributed by atoms with Crippen LogP contribution in [0.1, 0.15) is 13.0 Å². The topological polar surface area (TPSA) is 104 Å². The number of benzene rings is 1. The van der Waals surface area contributed by atoms with Gasteiger partial charge in [-0.15, -0.1) is 0 Å². The van der Waals surface area contributed by atoms with Crippen molar-refractivity contribution >= 4 is 11.7 Å². The molecule has 0 saturated carbocycles. The molecule has 0 amide bonds. The normalized spacial score (nSPS) is 11.7. The number of nitro groups is 1. The van der Waals surface area contributed by atoms with E-state index in [-0.39, 0.29) is 5.69 Å². The number of carbonyl (C=O) groups excluding carboxylic acids is 1. The lowest BCUT2D eigenvalue weighted by molar-refractivity contribution is -0.384. The van der Waals surface area contributed by atoms with Crippen molar-refractivity contribution in [3.05, 3.63) is 56.9 Å². The summed E-state index contributed by atoms with van der Waals surface area (Å²) in [6, 6.07) is 7.66. The number of rotatable bonds is 4. The number of aromatic nitrogens is 2. The fourth-order valence-corrected chi connectivity index (χ4v) is 1.91. The number of nitrogens with zero attached hydrogens (tertiary/aromatic N) is 3. The molecule has 0 radical (unpaired) electrons. The lowest BCUT2D eigenvalue weighted by Gasteiger charge is -2.12. The monoisotopic (exact) mass is 303 g/mol. The second-order valence-corrected chi connectivity index (χ2v) is 4.51. The quantitative estimate of drug-likeness (QED) is 0.482.